The van der Waals surface area contributed by atoms with Crippen LogP contribution in [-0.4, -0.2) is 15.0 Å². The molecule has 0 saturated heterocycles. The molecule has 1 saturated carbocycles. The molecule has 0 bridgehead atoms. The third-order valence-corrected chi connectivity index (χ3v) is 3.13. The van der Waals surface area contributed by atoms with Gasteiger partial charge in [-0.2, -0.15) is 0 Å². The predicted octanol–water partition coefficient (Wildman–Crippen LogP) is 2.06. The first-order valence-electron chi connectivity index (χ1n) is 5.78. The Morgan fingerprint density at radius 3 is 2.56 bits per heavy atom. The zero-order valence-electron chi connectivity index (χ0n) is 9.61. The predicted molar refractivity (Wildman–Crippen MR) is 61.9 cm³/mol. The Bertz CT molecular complexity index is 570. The maximum absolute atomic E-state index is 13.6. The van der Waals surface area contributed by atoms with Gasteiger partial charge in [0.25, 0.3) is 0 Å². The summed E-state index contributed by atoms with van der Waals surface area (Å²) in [7, 11) is 0. The highest BCUT2D eigenvalue weighted by molar-refractivity contribution is 5.38. The van der Waals surface area contributed by atoms with Crippen LogP contribution in [0.25, 0.3) is 0 Å². The van der Waals surface area contributed by atoms with Crippen molar-refractivity contribution in [3.05, 3.63) is 41.1 Å². The molecule has 3 rings (SSSR count). The molecule has 0 atom stereocenters. The average molecular weight is 250 g/mol. The second-order valence-corrected chi connectivity index (χ2v) is 4.49. The van der Waals surface area contributed by atoms with Crippen molar-refractivity contribution in [1.82, 2.24) is 15.0 Å². The fraction of sp³-hybridized carbons (Fsp3) is 0.333. The molecular formula is C12H12F2N4. The van der Waals surface area contributed by atoms with E-state index in [1.807, 2.05) is 0 Å². The topological polar surface area (TPSA) is 56.7 Å². The van der Waals surface area contributed by atoms with Crippen molar-refractivity contribution < 1.29 is 8.78 Å². The largest absolute Gasteiger partial charge is 0.381 e. The Morgan fingerprint density at radius 2 is 1.94 bits per heavy atom. The molecule has 1 aliphatic carbocycles. The van der Waals surface area contributed by atoms with Gasteiger partial charge in [-0.15, -0.1) is 5.10 Å². The molecule has 6 heteroatoms. The van der Waals surface area contributed by atoms with Crippen molar-refractivity contribution in [2.75, 3.05) is 5.73 Å². The van der Waals surface area contributed by atoms with Gasteiger partial charge in [0.2, 0.25) is 0 Å². The highest BCUT2D eigenvalue weighted by atomic mass is 19.1. The molecular weight excluding hydrogens is 238 g/mol. The number of halogens is 2. The first kappa shape index (κ1) is 11.1. The third-order valence-electron chi connectivity index (χ3n) is 3.13. The summed E-state index contributed by atoms with van der Waals surface area (Å²) in [4.78, 5) is 0. The number of nitrogens with zero attached hydrogens (tertiary/aromatic N) is 3. The fourth-order valence-corrected chi connectivity index (χ4v) is 2.06. The maximum atomic E-state index is 13.6. The first-order valence-corrected chi connectivity index (χ1v) is 5.78. The molecule has 1 fully saturated rings. The van der Waals surface area contributed by atoms with Crippen LogP contribution < -0.4 is 5.73 Å². The zero-order chi connectivity index (χ0) is 12.7. The molecule has 1 aromatic carbocycles. The number of aromatic nitrogens is 3. The van der Waals surface area contributed by atoms with Gasteiger partial charge in [0.05, 0.1) is 12.2 Å². The minimum Gasteiger partial charge on any atom is -0.381 e. The van der Waals surface area contributed by atoms with E-state index >= 15 is 0 Å². The Kier molecular flexibility index (Phi) is 2.50. The molecule has 1 aromatic heterocycles. The van der Waals surface area contributed by atoms with Crippen molar-refractivity contribution in [2.24, 2.45) is 0 Å². The fourth-order valence-electron chi connectivity index (χ4n) is 2.06. The van der Waals surface area contributed by atoms with Gasteiger partial charge < -0.3 is 5.73 Å². The lowest BCUT2D eigenvalue weighted by molar-refractivity contribution is 0.521. The van der Waals surface area contributed by atoms with Crippen LogP contribution in [-0.2, 0) is 6.54 Å². The highest BCUT2D eigenvalue weighted by Crippen LogP contribution is 2.42. The smallest absolute Gasteiger partial charge is 0.169 e. The van der Waals surface area contributed by atoms with Gasteiger partial charge in [-0.3, -0.25) is 0 Å². The van der Waals surface area contributed by atoms with E-state index in [-0.39, 0.29) is 12.1 Å². The van der Waals surface area contributed by atoms with Crippen LogP contribution >= 0.6 is 0 Å². The molecule has 1 heterocycles. The van der Waals surface area contributed by atoms with Crippen LogP contribution in [0.1, 0.15) is 30.0 Å². The average Bonchev–Trinajstić information content (AvgIpc) is 3.09. The van der Waals surface area contributed by atoms with Crippen molar-refractivity contribution in [2.45, 2.75) is 25.3 Å². The lowest BCUT2D eigenvalue weighted by Gasteiger charge is -2.07. The Balaban J connectivity index is 1.97. The summed E-state index contributed by atoms with van der Waals surface area (Å²) in [5, 5.41) is 7.64. The van der Waals surface area contributed by atoms with Crippen LogP contribution in [0.5, 0.6) is 0 Å². The number of hydrogen-bond acceptors (Lipinski definition) is 3. The van der Waals surface area contributed by atoms with E-state index < -0.39 is 11.6 Å². The standard InChI is InChI=1S/C12H12F2N4/c13-9-2-1-3-10(14)8(9)6-18-11(7-4-5-7)12(15)16-17-18/h1-3,7H,4-6,15H2. The zero-order valence-corrected chi connectivity index (χ0v) is 9.61. The van der Waals surface area contributed by atoms with Crippen LogP contribution in [0.4, 0.5) is 14.6 Å². The number of rotatable bonds is 3. The molecule has 1 aliphatic rings. The van der Waals surface area contributed by atoms with E-state index in [4.69, 9.17) is 5.73 Å². The molecule has 0 radical (unpaired) electrons. The van der Waals surface area contributed by atoms with Gasteiger partial charge in [0, 0.05) is 11.5 Å². The monoisotopic (exact) mass is 250 g/mol. The summed E-state index contributed by atoms with van der Waals surface area (Å²) in [6.45, 7) is 0.0224. The van der Waals surface area contributed by atoms with Crippen molar-refractivity contribution in [1.29, 1.82) is 0 Å². The van der Waals surface area contributed by atoms with E-state index in [2.05, 4.69) is 10.3 Å². The molecule has 2 N–H and O–H groups in total. The van der Waals surface area contributed by atoms with Gasteiger partial charge in [0.15, 0.2) is 5.82 Å². The van der Waals surface area contributed by atoms with Crippen LogP contribution in [0.2, 0.25) is 0 Å². The first-order chi connectivity index (χ1) is 8.66. The number of nitrogens with two attached hydrogens (primary N) is 1. The molecule has 0 spiro atoms. The highest BCUT2D eigenvalue weighted by Gasteiger charge is 2.31. The summed E-state index contributed by atoms with van der Waals surface area (Å²) in [5.74, 6) is -0.472. The van der Waals surface area contributed by atoms with Crippen molar-refractivity contribution >= 4 is 5.82 Å². The summed E-state index contributed by atoms with van der Waals surface area (Å²) in [6.07, 6.45) is 2.05. The minimum absolute atomic E-state index is 0.00991. The summed E-state index contributed by atoms with van der Waals surface area (Å²) >= 11 is 0. The quantitative estimate of drug-likeness (QED) is 0.907. The SMILES string of the molecule is Nc1nnn(Cc2c(F)cccc2F)c1C1CC1. The minimum atomic E-state index is -0.578. The van der Waals surface area contributed by atoms with Crippen molar-refractivity contribution in [3.8, 4) is 0 Å². The number of benzene rings is 1. The lowest BCUT2D eigenvalue weighted by atomic mass is 10.2. The second-order valence-electron chi connectivity index (χ2n) is 4.49. The van der Waals surface area contributed by atoms with Gasteiger partial charge in [0.1, 0.15) is 11.6 Å². The molecule has 94 valence electrons. The number of hydrogen-bond donors (Lipinski definition) is 1. The number of nitrogen functional groups attached to an aromatic ring is 1. The van der Waals surface area contributed by atoms with Crippen LogP contribution in [0.15, 0.2) is 18.2 Å². The Morgan fingerprint density at radius 1 is 1.28 bits per heavy atom. The lowest BCUT2D eigenvalue weighted by Crippen LogP contribution is -2.09. The molecule has 2 aromatic rings. The molecule has 0 amide bonds. The van der Waals surface area contributed by atoms with Crippen molar-refractivity contribution in [3.63, 3.8) is 0 Å². The third kappa shape index (κ3) is 1.83. The Hall–Kier alpha value is -1.98. The van der Waals surface area contributed by atoms with E-state index in [0.717, 1.165) is 18.5 Å². The van der Waals surface area contributed by atoms with E-state index in [0.29, 0.717) is 11.7 Å². The second kappa shape index (κ2) is 4.04. The van der Waals surface area contributed by atoms with E-state index in [1.165, 1.54) is 22.9 Å². The van der Waals surface area contributed by atoms with Gasteiger partial charge >= 0.3 is 0 Å². The van der Waals surface area contributed by atoms with E-state index in [9.17, 15) is 8.78 Å². The van der Waals surface area contributed by atoms with Crippen LogP contribution in [0, 0.1) is 11.6 Å². The van der Waals surface area contributed by atoms with Crippen LogP contribution in [0.3, 0.4) is 0 Å². The Labute approximate surface area is 102 Å². The summed E-state index contributed by atoms with van der Waals surface area (Å²) < 4.78 is 28.6. The molecule has 18 heavy (non-hydrogen) atoms. The maximum Gasteiger partial charge on any atom is 0.169 e. The summed E-state index contributed by atoms with van der Waals surface area (Å²) in [6, 6.07) is 3.80. The molecule has 0 aliphatic heterocycles. The van der Waals surface area contributed by atoms with Gasteiger partial charge in [-0.25, -0.2) is 13.5 Å². The van der Waals surface area contributed by atoms with Gasteiger partial charge in [-0.05, 0) is 25.0 Å². The molecule has 4 nitrogen and oxygen atoms in total. The number of anilines is 1. The molecule has 0 unspecified atom stereocenters. The van der Waals surface area contributed by atoms with E-state index in [1.54, 1.807) is 0 Å². The normalized spacial score (nSPS) is 15.0. The van der Waals surface area contributed by atoms with Gasteiger partial charge in [-0.1, -0.05) is 11.3 Å². The summed E-state index contributed by atoms with van der Waals surface area (Å²) in [5.41, 5.74) is 6.51.